The van der Waals surface area contributed by atoms with E-state index in [4.69, 9.17) is 0 Å². The zero-order chi connectivity index (χ0) is 19.6. The predicted octanol–water partition coefficient (Wildman–Crippen LogP) is 7.02. The molecule has 0 aromatic heterocycles. The number of fused-ring (bicyclic) bond motifs is 1. The summed E-state index contributed by atoms with van der Waals surface area (Å²) in [6.45, 7) is 10.5. The fraction of sp³-hybridized carbons (Fsp3) is 0.480. The minimum atomic E-state index is 0.548. The molecule has 4 rings (SSSR count). The molecule has 2 heteroatoms. The quantitative estimate of drug-likeness (QED) is 0.451. The van der Waals surface area contributed by atoms with E-state index in [-0.39, 0.29) is 0 Å². The molecule has 1 aliphatic carbocycles. The van der Waals surface area contributed by atoms with Crippen molar-refractivity contribution in [2.75, 3.05) is 13.1 Å². The van der Waals surface area contributed by atoms with Gasteiger partial charge in [-0.15, -0.1) is 0 Å². The lowest BCUT2D eigenvalue weighted by Gasteiger charge is -2.26. The maximum absolute atomic E-state index is 3.64. The van der Waals surface area contributed by atoms with Gasteiger partial charge in [0.15, 0.2) is 5.71 Å². The Bertz CT molecular complexity index is 725. The Morgan fingerprint density at radius 2 is 1.56 bits per heavy atom. The molecule has 1 aliphatic heterocycles. The average molecular weight is 429 g/mol. The van der Waals surface area contributed by atoms with Crippen LogP contribution in [0.1, 0.15) is 69.6 Å². The summed E-state index contributed by atoms with van der Waals surface area (Å²) in [7, 11) is 0. The van der Waals surface area contributed by atoms with Gasteiger partial charge in [-0.25, -0.2) is 4.58 Å². The van der Waals surface area contributed by atoms with Gasteiger partial charge in [0.25, 0.3) is 0 Å². The first kappa shape index (κ1) is 21.9. The second-order valence-corrected chi connectivity index (χ2v) is 7.69. The minimum Gasteiger partial charge on any atom is -0.236 e. The highest BCUT2D eigenvalue weighted by atomic mass is 79.9. The maximum Gasteiger partial charge on any atom is 0.160 e. The third-order valence-corrected chi connectivity index (χ3v) is 5.82. The van der Waals surface area contributed by atoms with Crippen LogP contribution in [0.2, 0.25) is 0 Å². The van der Waals surface area contributed by atoms with Crippen LogP contribution >= 0.6 is 15.9 Å². The molecule has 1 fully saturated rings. The summed E-state index contributed by atoms with van der Waals surface area (Å²) in [4.78, 5) is 0. The lowest BCUT2D eigenvalue weighted by molar-refractivity contribution is -0.509. The Morgan fingerprint density at radius 1 is 0.889 bits per heavy atom. The first-order chi connectivity index (χ1) is 13.3. The Labute approximate surface area is 174 Å². The van der Waals surface area contributed by atoms with Gasteiger partial charge < -0.3 is 0 Å². The van der Waals surface area contributed by atoms with Crippen molar-refractivity contribution in [2.24, 2.45) is 0 Å². The topological polar surface area (TPSA) is 3.01 Å². The molecule has 27 heavy (non-hydrogen) atoms. The second kappa shape index (κ2) is 11.4. The summed E-state index contributed by atoms with van der Waals surface area (Å²) in [6.07, 6.45) is 6.25. The Morgan fingerprint density at radius 3 is 2.22 bits per heavy atom. The fourth-order valence-electron chi connectivity index (χ4n) is 4.21. The molecular weight excluding hydrogens is 394 g/mol. The number of aryl methyl sites for hydroxylation is 1. The molecule has 0 spiro atoms. The number of nitrogens with zero attached hydrogens (tertiary/aromatic N) is 1. The SMILES string of the molecule is Brc1ccc2c(c1)CCC(=[N+]1CCCC1)C2Cc1ccccc1.CC.CC. The van der Waals surface area contributed by atoms with E-state index in [1.807, 2.05) is 27.7 Å². The predicted molar refractivity (Wildman–Crippen MR) is 122 cm³/mol. The molecule has 0 bridgehead atoms. The Hall–Kier alpha value is -1.41. The van der Waals surface area contributed by atoms with Crippen molar-refractivity contribution in [3.05, 3.63) is 69.7 Å². The fourth-order valence-corrected chi connectivity index (χ4v) is 4.62. The molecule has 146 valence electrons. The zero-order valence-electron chi connectivity index (χ0n) is 17.5. The molecule has 1 unspecified atom stereocenters. The van der Waals surface area contributed by atoms with Crippen molar-refractivity contribution in [3.63, 3.8) is 0 Å². The van der Waals surface area contributed by atoms with Crippen molar-refractivity contribution < 1.29 is 4.58 Å². The maximum atomic E-state index is 3.64. The highest BCUT2D eigenvalue weighted by molar-refractivity contribution is 9.10. The molecule has 2 aromatic rings. The first-order valence-corrected chi connectivity index (χ1v) is 11.5. The molecule has 1 saturated heterocycles. The summed E-state index contributed by atoms with van der Waals surface area (Å²) in [5.41, 5.74) is 6.21. The van der Waals surface area contributed by atoms with Gasteiger partial charge in [-0.3, -0.25) is 0 Å². The summed E-state index contributed by atoms with van der Waals surface area (Å²) in [6, 6.07) is 17.9. The molecular formula is C25H35BrN+. The summed E-state index contributed by atoms with van der Waals surface area (Å²) in [5, 5.41) is 0. The van der Waals surface area contributed by atoms with Crippen molar-refractivity contribution >= 4 is 21.6 Å². The molecule has 1 nitrogen and oxygen atoms in total. The van der Waals surface area contributed by atoms with Crippen molar-refractivity contribution in [1.29, 1.82) is 0 Å². The first-order valence-electron chi connectivity index (χ1n) is 10.7. The average Bonchev–Trinajstić information content (AvgIpc) is 3.26. The number of hydrogen-bond donors (Lipinski definition) is 0. The monoisotopic (exact) mass is 428 g/mol. The van der Waals surface area contributed by atoms with E-state index in [1.165, 1.54) is 54.4 Å². The molecule has 0 saturated carbocycles. The molecule has 2 aromatic carbocycles. The number of rotatable bonds is 2. The number of benzene rings is 2. The van der Waals surface area contributed by atoms with Crippen molar-refractivity contribution in [3.8, 4) is 0 Å². The van der Waals surface area contributed by atoms with Crippen LogP contribution in [0.4, 0.5) is 0 Å². The van der Waals surface area contributed by atoms with E-state index >= 15 is 0 Å². The van der Waals surface area contributed by atoms with Gasteiger partial charge in [0.05, 0.1) is 5.92 Å². The van der Waals surface area contributed by atoms with Crippen LogP contribution in [0.25, 0.3) is 0 Å². The Balaban J connectivity index is 0.000000614. The molecule has 1 atom stereocenters. The third-order valence-electron chi connectivity index (χ3n) is 5.33. The zero-order valence-corrected chi connectivity index (χ0v) is 19.1. The molecule has 0 radical (unpaired) electrons. The molecule has 0 N–H and O–H groups in total. The highest BCUT2D eigenvalue weighted by Gasteiger charge is 2.33. The number of hydrogen-bond acceptors (Lipinski definition) is 0. The third kappa shape index (κ3) is 5.54. The molecule has 2 aliphatic rings. The van der Waals surface area contributed by atoms with Gasteiger partial charge in [-0.05, 0) is 41.7 Å². The lowest BCUT2D eigenvalue weighted by atomic mass is 9.78. The normalized spacial score (nSPS) is 18.0. The van der Waals surface area contributed by atoms with Gasteiger partial charge in [0.1, 0.15) is 13.1 Å². The minimum absolute atomic E-state index is 0.548. The summed E-state index contributed by atoms with van der Waals surface area (Å²) in [5.74, 6) is 0.548. The summed E-state index contributed by atoms with van der Waals surface area (Å²) >= 11 is 3.64. The Kier molecular flexibility index (Phi) is 9.27. The van der Waals surface area contributed by atoms with E-state index in [9.17, 15) is 0 Å². The standard InChI is InChI=1S/C21H23BrN.2C2H6/c22-18-9-10-19-17(15-18)8-11-21(23-12-4-5-13-23)20(19)14-16-6-2-1-3-7-16;2*1-2/h1-3,6-7,9-10,15,20H,4-5,8,11-14H2;2*1-2H3/q+1;;. The van der Waals surface area contributed by atoms with E-state index in [1.54, 1.807) is 11.3 Å². The van der Waals surface area contributed by atoms with E-state index in [2.05, 4.69) is 69.0 Å². The van der Waals surface area contributed by atoms with Gasteiger partial charge in [0, 0.05) is 23.7 Å². The largest absolute Gasteiger partial charge is 0.236 e. The van der Waals surface area contributed by atoms with Crippen LogP contribution in [0.3, 0.4) is 0 Å². The van der Waals surface area contributed by atoms with Crippen LogP contribution in [-0.4, -0.2) is 23.4 Å². The van der Waals surface area contributed by atoms with Crippen molar-refractivity contribution in [1.82, 2.24) is 0 Å². The van der Waals surface area contributed by atoms with Crippen LogP contribution < -0.4 is 0 Å². The van der Waals surface area contributed by atoms with E-state index in [0.717, 1.165) is 6.42 Å². The molecule has 1 heterocycles. The van der Waals surface area contributed by atoms with Gasteiger partial charge in [0.2, 0.25) is 0 Å². The van der Waals surface area contributed by atoms with Crippen LogP contribution in [0, 0.1) is 0 Å². The van der Waals surface area contributed by atoms with Crippen molar-refractivity contribution in [2.45, 2.75) is 65.7 Å². The smallest absolute Gasteiger partial charge is 0.160 e. The summed E-state index contributed by atoms with van der Waals surface area (Å²) < 4.78 is 3.89. The van der Waals surface area contributed by atoms with Gasteiger partial charge >= 0.3 is 0 Å². The van der Waals surface area contributed by atoms with E-state index in [0.29, 0.717) is 5.92 Å². The van der Waals surface area contributed by atoms with Gasteiger partial charge in [-0.1, -0.05) is 80.0 Å². The van der Waals surface area contributed by atoms with Crippen LogP contribution in [-0.2, 0) is 12.8 Å². The number of halogens is 1. The molecule has 0 amide bonds. The second-order valence-electron chi connectivity index (χ2n) is 6.77. The lowest BCUT2D eigenvalue weighted by Crippen LogP contribution is -2.31. The van der Waals surface area contributed by atoms with Gasteiger partial charge in [-0.2, -0.15) is 0 Å². The van der Waals surface area contributed by atoms with E-state index < -0.39 is 0 Å². The van der Waals surface area contributed by atoms with Crippen LogP contribution in [0.15, 0.2) is 53.0 Å². The van der Waals surface area contributed by atoms with Crippen LogP contribution in [0.5, 0.6) is 0 Å². The highest BCUT2D eigenvalue weighted by Crippen LogP contribution is 2.34.